The molecule has 2 aromatic carbocycles. The molecule has 0 radical (unpaired) electrons. The number of imide groups is 1. The van der Waals surface area contributed by atoms with Crippen LogP contribution < -0.4 is 10.6 Å². The van der Waals surface area contributed by atoms with Crippen LogP contribution in [-0.4, -0.2) is 58.6 Å². The largest absolute Gasteiger partial charge is 0.444 e. The number of piperidine rings is 1. The molecule has 2 aliphatic heterocycles. The number of likely N-dealkylation sites (tertiary alicyclic amines) is 1. The fourth-order valence-electron chi connectivity index (χ4n) is 4.86. The van der Waals surface area contributed by atoms with E-state index in [-0.39, 0.29) is 24.5 Å². The van der Waals surface area contributed by atoms with Gasteiger partial charge in [-0.1, -0.05) is 58.4 Å². The normalized spacial score (nSPS) is 18.5. The van der Waals surface area contributed by atoms with Crippen molar-refractivity contribution in [2.75, 3.05) is 19.6 Å². The number of hydrogen-bond acceptors (Lipinski definition) is 5. The lowest BCUT2D eigenvalue weighted by molar-refractivity contribution is -0.133. The SMILES string of the molecule is CC(C)(C)OC(=O)NC(CCN1CCC2(CC1)NC(=O)N(Cc1ccc(Br)cc1)C2=O)c1ccccc1. The maximum atomic E-state index is 13.3. The molecule has 4 rings (SSSR count). The molecule has 0 bridgehead atoms. The first-order chi connectivity index (χ1) is 17.5. The Labute approximate surface area is 226 Å². The molecule has 1 unspecified atom stereocenters. The Bertz CT molecular complexity index is 1110. The Morgan fingerprint density at radius 1 is 1.08 bits per heavy atom. The lowest BCUT2D eigenvalue weighted by Gasteiger charge is -2.37. The third kappa shape index (κ3) is 6.90. The van der Waals surface area contributed by atoms with Crippen LogP contribution in [0.3, 0.4) is 0 Å². The van der Waals surface area contributed by atoms with Gasteiger partial charge in [0.15, 0.2) is 0 Å². The fraction of sp³-hybridized carbons (Fsp3) is 0.464. The summed E-state index contributed by atoms with van der Waals surface area (Å²) in [6, 6.07) is 17.0. The minimum atomic E-state index is -0.837. The van der Waals surface area contributed by atoms with Gasteiger partial charge in [0.1, 0.15) is 11.1 Å². The number of benzene rings is 2. The van der Waals surface area contributed by atoms with Crippen molar-refractivity contribution in [2.45, 2.75) is 63.8 Å². The molecule has 2 aromatic rings. The fourth-order valence-corrected chi connectivity index (χ4v) is 5.12. The van der Waals surface area contributed by atoms with E-state index < -0.39 is 17.2 Å². The summed E-state index contributed by atoms with van der Waals surface area (Å²) in [6.45, 7) is 7.91. The molecule has 2 heterocycles. The van der Waals surface area contributed by atoms with E-state index in [2.05, 4.69) is 31.5 Å². The van der Waals surface area contributed by atoms with Gasteiger partial charge < -0.3 is 20.3 Å². The maximum absolute atomic E-state index is 13.3. The lowest BCUT2D eigenvalue weighted by Crippen LogP contribution is -2.55. The van der Waals surface area contributed by atoms with Crippen LogP contribution in [0.1, 0.15) is 57.2 Å². The van der Waals surface area contributed by atoms with E-state index in [0.29, 0.717) is 32.4 Å². The summed E-state index contributed by atoms with van der Waals surface area (Å²) in [5, 5.41) is 6.00. The van der Waals surface area contributed by atoms with Crippen LogP contribution in [0.25, 0.3) is 0 Å². The van der Waals surface area contributed by atoms with E-state index in [4.69, 9.17) is 4.74 Å². The van der Waals surface area contributed by atoms with E-state index in [1.54, 1.807) is 0 Å². The molecule has 9 heteroatoms. The summed E-state index contributed by atoms with van der Waals surface area (Å²) in [4.78, 5) is 42.1. The number of carbonyl (C=O) groups is 3. The number of hydrogen-bond donors (Lipinski definition) is 2. The molecule has 2 aliphatic rings. The Morgan fingerprint density at radius 2 is 1.73 bits per heavy atom. The molecule has 198 valence electrons. The smallest absolute Gasteiger partial charge is 0.408 e. The van der Waals surface area contributed by atoms with Gasteiger partial charge in [-0.25, -0.2) is 9.59 Å². The highest BCUT2D eigenvalue weighted by Gasteiger charge is 2.52. The predicted molar refractivity (Wildman–Crippen MR) is 145 cm³/mol. The predicted octanol–water partition coefficient (Wildman–Crippen LogP) is 4.99. The number of urea groups is 1. The van der Waals surface area contributed by atoms with Gasteiger partial charge in [-0.05, 0) is 63.3 Å². The summed E-state index contributed by atoms with van der Waals surface area (Å²) in [6.07, 6.45) is 1.38. The van der Waals surface area contributed by atoms with Crippen LogP contribution in [0.15, 0.2) is 59.1 Å². The molecule has 8 nitrogen and oxygen atoms in total. The molecular weight excluding hydrogens is 536 g/mol. The van der Waals surface area contributed by atoms with Crippen molar-refractivity contribution in [3.63, 3.8) is 0 Å². The molecule has 1 atom stereocenters. The van der Waals surface area contributed by atoms with Gasteiger partial charge in [0.05, 0.1) is 12.6 Å². The minimum absolute atomic E-state index is 0.145. The quantitative estimate of drug-likeness (QED) is 0.457. The number of nitrogens with one attached hydrogen (secondary N) is 2. The second-order valence-corrected chi connectivity index (χ2v) is 11.7. The molecule has 4 amide bonds. The zero-order valence-corrected chi connectivity index (χ0v) is 23.2. The van der Waals surface area contributed by atoms with Crippen molar-refractivity contribution in [2.24, 2.45) is 0 Å². The number of halogens is 1. The number of carbonyl (C=O) groups excluding carboxylic acids is 3. The summed E-state index contributed by atoms with van der Waals surface area (Å²) in [7, 11) is 0. The summed E-state index contributed by atoms with van der Waals surface area (Å²) in [5.74, 6) is -0.145. The van der Waals surface area contributed by atoms with Crippen molar-refractivity contribution < 1.29 is 19.1 Å². The van der Waals surface area contributed by atoms with Crippen LogP contribution >= 0.6 is 15.9 Å². The van der Waals surface area contributed by atoms with Gasteiger partial charge in [-0.15, -0.1) is 0 Å². The Kier molecular flexibility index (Phi) is 8.23. The third-order valence-electron chi connectivity index (χ3n) is 6.84. The van der Waals surface area contributed by atoms with Crippen LogP contribution in [0.4, 0.5) is 9.59 Å². The molecule has 0 aliphatic carbocycles. The molecule has 2 saturated heterocycles. The van der Waals surface area contributed by atoms with E-state index in [9.17, 15) is 14.4 Å². The van der Waals surface area contributed by atoms with E-state index in [1.165, 1.54) is 4.90 Å². The topological polar surface area (TPSA) is 91.0 Å². The lowest BCUT2D eigenvalue weighted by atomic mass is 9.87. The summed E-state index contributed by atoms with van der Waals surface area (Å²) in [5.41, 5.74) is 0.515. The van der Waals surface area contributed by atoms with E-state index in [1.807, 2.05) is 75.4 Å². The van der Waals surface area contributed by atoms with Crippen molar-refractivity contribution in [3.8, 4) is 0 Å². The second kappa shape index (κ2) is 11.2. The minimum Gasteiger partial charge on any atom is -0.444 e. The molecule has 0 saturated carbocycles. The average Bonchev–Trinajstić information content (AvgIpc) is 3.07. The zero-order chi connectivity index (χ0) is 26.6. The highest BCUT2D eigenvalue weighted by Crippen LogP contribution is 2.31. The number of amides is 4. The second-order valence-electron chi connectivity index (χ2n) is 10.8. The standard InChI is InChI=1S/C28H35BrN4O4/c1-27(2,3)37-26(36)30-23(21-7-5-4-6-8-21)13-16-32-17-14-28(15-18-32)24(34)33(25(35)31-28)19-20-9-11-22(29)12-10-20/h4-12,23H,13-19H2,1-3H3,(H,30,36)(H,31,35). The molecule has 2 N–H and O–H groups in total. The van der Waals surface area contributed by atoms with Crippen LogP contribution in [0.5, 0.6) is 0 Å². The number of ether oxygens (including phenoxy) is 1. The Balaban J connectivity index is 1.34. The first-order valence-corrected chi connectivity index (χ1v) is 13.5. The van der Waals surface area contributed by atoms with Gasteiger partial charge in [0.2, 0.25) is 0 Å². The Hall–Kier alpha value is -2.91. The molecule has 0 aromatic heterocycles. The van der Waals surface area contributed by atoms with Crippen molar-refractivity contribution in [3.05, 3.63) is 70.2 Å². The number of alkyl carbamates (subject to hydrolysis) is 1. The van der Waals surface area contributed by atoms with Gasteiger partial charge in [-0.2, -0.15) is 0 Å². The third-order valence-corrected chi connectivity index (χ3v) is 7.37. The van der Waals surface area contributed by atoms with E-state index in [0.717, 1.165) is 22.1 Å². The average molecular weight is 572 g/mol. The first-order valence-electron chi connectivity index (χ1n) is 12.7. The van der Waals surface area contributed by atoms with Gasteiger partial charge in [0.25, 0.3) is 5.91 Å². The van der Waals surface area contributed by atoms with Gasteiger partial charge >= 0.3 is 12.1 Å². The number of rotatable bonds is 7. The number of nitrogens with zero attached hydrogens (tertiary/aromatic N) is 2. The van der Waals surface area contributed by atoms with Crippen LogP contribution in [-0.2, 0) is 16.1 Å². The summed E-state index contributed by atoms with van der Waals surface area (Å²) >= 11 is 3.41. The van der Waals surface area contributed by atoms with Crippen LogP contribution in [0.2, 0.25) is 0 Å². The first kappa shape index (κ1) is 27.1. The Morgan fingerprint density at radius 3 is 2.35 bits per heavy atom. The molecule has 37 heavy (non-hydrogen) atoms. The van der Waals surface area contributed by atoms with Crippen molar-refractivity contribution in [1.82, 2.24) is 20.4 Å². The van der Waals surface area contributed by atoms with Gasteiger partial charge in [0, 0.05) is 24.1 Å². The van der Waals surface area contributed by atoms with Crippen molar-refractivity contribution in [1.29, 1.82) is 0 Å². The van der Waals surface area contributed by atoms with Crippen molar-refractivity contribution >= 4 is 34.0 Å². The monoisotopic (exact) mass is 570 g/mol. The maximum Gasteiger partial charge on any atom is 0.408 e. The molecular formula is C28H35BrN4O4. The van der Waals surface area contributed by atoms with Crippen LogP contribution in [0, 0.1) is 0 Å². The highest BCUT2D eigenvalue weighted by molar-refractivity contribution is 9.10. The molecule has 2 fully saturated rings. The van der Waals surface area contributed by atoms with Gasteiger partial charge in [-0.3, -0.25) is 9.69 Å². The summed E-state index contributed by atoms with van der Waals surface area (Å²) < 4.78 is 6.43. The zero-order valence-electron chi connectivity index (χ0n) is 21.6. The van der Waals surface area contributed by atoms with E-state index >= 15 is 0 Å². The molecule has 1 spiro atoms. The highest BCUT2D eigenvalue weighted by atomic mass is 79.9.